The predicted octanol–water partition coefficient (Wildman–Crippen LogP) is 4.83. The number of aliphatic hydroxyl groups is 1. The van der Waals surface area contributed by atoms with Crippen molar-refractivity contribution in [3.05, 3.63) is 23.8 Å². The van der Waals surface area contributed by atoms with E-state index in [0.717, 1.165) is 38.5 Å². The van der Waals surface area contributed by atoms with Crippen molar-refractivity contribution >= 4 is 5.78 Å². The smallest absolute Gasteiger partial charge is 0.155 e. The van der Waals surface area contributed by atoms with E-state index >= 15 is 0 Å². The summed E-state index contributed by atoms with van der Waals surface area (Å²) < 4.78 is 0. The highest BCUT2D eigenvalue weighted by Crippen LogP contribution is 2.67. The Balaban J connectivity index is 1.72. The van der Waals surface area contributed by atoms with Gasteiger partial charge in [0.05, 0.1) is 5.60 Å². The SMILES string of the molecule is C=C1C[C@@]2(CC)C(CC[C@@]2(O)CC)C2CCC3=CC(=O)CCC3C12. The molecule has 2 nitrogen and oxygen atoms in total. The first-order valence-corrected chi connectivity index (χ1v) is 10.1. The second kappa shape index (κ2) is 5.56. The quantitative estimate of drug-likeness (QED) is 0.738. The molecule has 4 unspecified atom stereocenters. The number of ketones is 1. The summed E-state index contributed by atoms with van der Waals surface area (Å²) in [7, 11) is 0. The number of rotatable bonds is 2. The van der Waals surface area contributed by atoms with Crippen molar-refractivity contribution < 1.29 is 9.90 Å². The molecule has 0 aromatic rings. The van der Waals surface area contributed by atoms with Crippen molar-refractivity contribution in [3.63, 3.8) is 0 Å². The standard InChI is InChI=1S/C22H32O2/c1-4-21-13-14(3)20-17-9-7-16(23)12-15(17)6-8-18(20)19(21)10-11-22(21,24)5-2/h12,17-20,24H,3-11,13H2,1-2H3/t17?,18?,19?,20?,21-,22-/m0/s1. The summed E-state index contributed by atoms with van der Waals surface area (Å²) in [6.45, 7) is 8.97. The highest BCUT2D eigenvalue weighted by molar-refractivity contribution is 5.91. The van der Waals surface area contributed by atoms with Crippen LogP contribution in [0.25, 0.3) is 0 Å². The lowest BCUT2D eigenvalue weighted by Gasteiger charge is -2.57. The van der Waals surface area contributed by atoms with Gasteiger partial charge in [-0.2, -0.15) is 0 Å². The summed E-state index contributed by atoms with van der Waals surface area (Å²) in [4.78, 5) is 11.8. The number of hydrogen-bond acceptors (Lipinski definition) is 2. The Labute approximate surface area is 146 Å². The summed E-state index contributed by atoms with van der Waals surface area (Å²) in [5, 5.41) is 11.4. The molecule has 0 heterocycles. The van der Waals surface area contributed by atoms with E-state index in [0.29, 0.717) is 35.9 Å². The molecule has 24 heavy (non-hydrogen) atoms. The summed E-state index contributed by atoms with van der Waals surface area (Å²) in [5.41, 5.74) is 2.32. The van der Waals surface area contributed by atoms with Crippen LogP contribution in [0.4, 0.5) is 0 Å². The first kappa shape index (κ1) is 16.6. The molecule has 0 amide bonds. The van der Waals surface area contributed by atoms with Crippen molar-refractivity contribution in [2.45, 2.75) is 77.2 Å². The van der Waals surface area contributed by atoms with Crippen LogP contribution in [-0.2, 0) is 4.79 Å². The van der Waals surface area contributed by atoms with Gasteiger partial charge in [0.1, 0.15) is 0 Å². The fourth-order valence-electron chi connectivity index (χ4n) is 7.34. The normalized spacial score (nSPS) is 47.7. The first-order valence-electron chi connectivity index (χ1n) is 10.1. The molecule has 4 rings (SSSR count). The van der Waals surface area contributed by atoms with Crippen molar-refractivity contribution in [2.75, 3.05) is 0 Å². The summed E-state index contributed by atoms with van der Waals surface area (Å²) in [6.07, 6.45) is 11.0. The Kier molecular flexibility index (Phi) is 3.84. The molecule has 0 radical (unpaired) electrons. The Hall–Kier alpha value is -0.890. The summed E-state index contributed by atoms with van der Waals surface area (Å²) in [6, 6.07) is 0. The third kappa shape index (κ3) is 2.01. The van der Waals surface area contributed by atoms with Crippen LogP contribution in [0, 0.1) is 29.1 Å². The molecule has 3 fully saturated rings. The number of allylic oxidation sites excluding steroid dienone is 2. The van der Waals surface area contributed by atoms with Gasteiger partial charge in [-0.05, 0) is 81.1 Å². The lowest BCUT2D eigenvalue weighted by Crippen LogP contribution is -2.54. The van der Waals surface area contributed by atoms with Gasteiger partial charge in [0.15, 0.2) is 5.78 Å². The first-order chi connectivity index (χ1) is 11.5. The van der Waals surface area contributed by atoms with Gasteiger partial charge in [0.2, 0.25) is 0 Å². The van der Waals surface area contributed by atoms with Crippen LogP contribution in [0.2, 0.25) is 0 Å². The van der Waals surface area contributed by atoms with E-state index in [1.807, 2.05) is 6.08 Å². The largest absolute Gasteiger partial charge is 0.389 e. The number of carbonyl (C=O) groups is 1. The van der Waals surface area contributed by atoms with E-state index in [9.17, 15) is 9.90 Å². The van der Waals surface area contributed by atoms with Gasteiger partial charge in [0.25, 0.3) is 0 Å². The lowest BCUT2D eigenvalue weighted by atomic mass is 9.48. The van der Waals surface area contributed by atoms with E-state index in [-0.39, 0.29) is 5.41 Å². The maximum Gasteiger partial charge on any atom is 0.155 e. The molecule has 0 aromatic heterocycles. The molecule has 2 heteroatoms. The highest BCUT2D eigenvalue weighted by atomic mass is 16.3. The van der Waals surface area contributed by atoms with Gasteiger partial charge >= 0.3 is 0 Å². The van der Waals surface area contributed by atoms with Crippen LogP contribution >= 0.6 is 0 Å². The second-order valence-electron chi connectivity index (χ2n) is 8.93. The average Bonchev–Trinajstić information content (AvgIpc) is 2.88. The Bertz CT molecular complexity index is 603. The number of carbonyl (C=O) groups excluding carboxylic acids is 1. The van der Waals surface area contributed by atoms with Gasteiger partial charge in [-0.3, -0.25) is 4.79 Å². The minimum Gasteiger partial charge on any atom is -0.389 e. The zero-order valence-electron chi connectivity index (χ0n) is 15.3. The van der Waals surface area contributed by atoms with Gasteiger partial charge in [-0.15, -0.1) is 0 Å². The molecule has 0 saturated heterocycles. The topological polar surface area (TPSA) is 37.3 Å². The van der Waals surface area contributed by atoms with Crippen molar-refractivity contribution in [3.8, 4) is 0 Å². The van der Waals surface area contributed by atoms with E-state index in [1.54, 1.807) is 0 Å². The van der Waals surface area contributed by atoms with E-state index in [1.165, 1.54) is 24.0 Å². The Morgan fingerprint density at radius 3 is 2.71 bits per heavy atom. The molecule has 0 aliphatic heterocycles. The monoisotopic (exact) mass is 328 g/mol. The highest BCUT2D eigenvalue weighted by Gasteiger charge is 2.63. The number of fused-ring (bicyclic) bond motifs is 5. The summed E-state index contributed by atoms with van der Waals surface area (Å²) >= 11 is 0. The van der Waals surface area contributed by atoms with E-state index < -0.39 is 5.60 Å². The molecule has 3 saturated carbocycles. The molecule has 6 atom stereocenters. The maximum atomic E-state index is 11.8. The third-order valence-electron chi connectivity index (χ3n) is 8.44. The molecule has 0 aromatic carbocycles. The van der Waals surface area contributed by atoms with Gasteiger partial charge in [0, 0.05) is 11.8 Å². The average molecular weight is 328 g/mol. The Morgan fingerprint density at radius 2 is 2.00 bits per heavy atom. The van der Waals surface area contributed by atoms with Crippen LogP contribution in [0.5, 0.6) is 0 Å². The molecule has 4 aliphatic carbocycles. The van der Waals surface area contributed by atoms with Gasteiger partial charge in [-0.1, -0.05) is 31.6 Å². The fraction of sp³-hybridized carbons (Fsp3) is 0.773. The van der Waals surface area contributed by atoms with Crippen molar-refractivity contribution in [2.24, 2.45) is 29.1 Å². The van der Waals surface area contributed by atoms with Crippen LogP contribution in [0.3, 0.4) is 0 Å². The molecule has 132 valence electrons. The molecule has 0 spiro atoms. The second-order valence-corrected chi connectivity index (χ2v) is 8.93. The zero-order chi connectivity index (χ0) is 17.1. The van der Waals surface area contributed by atoms with Crippen LogP contribution < -0.4 is 0 Å². The minimum absolute atomic E-state index is 0.0473. The lowest BCUT2D eigenvalue weighted by molar-refractivity contribution is -0.119. The third-order valence-corrected chi connectivity index (χ3v) is 8.44. The van der Waals surface area contributed by atoms with Crippen LogP contribution in [-0.4, -0.2) is 16.5 Å². The van der Waals surface area contributed by atoms with Gasteiger partial charge in [-0.25, -0.2) is 0 Å². The minimum atomic E-state index is -0.501. The molecular weight excluding hydrogens is 296 g/mol. The van der Waals surface area contributed by atoms with Crippen LogP contribution in [0.15, 0.2) is 23.8 Å². The fourth-order valence-corrected chi connectivity index (χ4v) is 7.34. The predicted molar refractivity (Wildman–Crippen MR) is 96.5 cm³/mol. The summed E-state index contributed by atoms with van der Waals surface area (Å²) in [5.74, 6) is 2.75. The van der Waals surface area contributed by atoms with E-state index in [2.05, 4.69) is 20.4 Å². The molecular formula is C22H32O2. The van der Waals surface area contributed by atoms with Crippen LogP contribution in [0.1, 0.15) is 71.6 Å². The van der Waals surface area contributed by atoms with Crippen molar-refractivity contribution in [1.82, 2.24) is 0 Å². The molecule has 4 aliphatic rings. The molecule has 1 N–H and O–H groups in total. The van der Waals surface area contributed by atoms with Gasteiger partial charge < -0.3 is 5.11 Å². The van der Waals surface area contributed by atoms with Crippen molar-refractivity contribution in [1.29, 1.82) is 0 Å². The number of hydrogen-bond donors (Lipinski definition) is 1. The van der Waals surface area contributed by atoms with E-state index in [4.69, 9.17) is 0 Å². The Morgan fingerprint density at radius 1 is 1.21 bits per heavy atom. The maximum absolute atomic E-state index is 11.8. The molecule has 0 bridgehead atoms. The zero-order valence-corrected chi connectivity index (χ0v) is 15.3.